The molecule has 0 aromatic rings. The van der Waals surface area contributed by atoms with Crippen LogP contribution >= 0.6 is 0 Å². The van der Waals surface area contributed by atoms with Gasteiger partial charge in [0.2, 0.25) is 0 Å². The van der Waals surface area contributed by atoms with Crippen LogP contribution in [-0.4, -0.2) is 59.5 Å². The monoisotopic (exact) mass is 474 g/mol. The Labute approximate surface area is 191 Å². The van der Waals surface area contributed by atoms with Gasteiger partial charge in [0.05, 0.1) is 25.4 Å². The van der Waals surface area contributed by atoms with Gasteiger partial charge in [-0.1, -0.05) is 69.2 Å². The van der Waals surface area contributed by atoms with E-state index in [-0.39, 0.29) is 24.0 Å². The summed E-state index contributed by atoms with van der Waals surface area (Å²) in [6.45, 7) is 23.1. The maximum atomic E-state index is 10.2. The molecule has 182 valence electrons. The van der Waals surface area contributed by atoms with E-state index in [9.17, 15) is 5.11 Å². The summed E-state index contributed by atoms with van der Waals surface area (Å²) >= 11 is 0. The third kappa shape index (κ3) is 4.24. The Morgan fingerprint density at radius 2 is 1.39 bits per heavy atom. The van der Waals surface area contributed by atoms with Crippen molar-refractivity contribution in [3.8, 4) is 0 Å². The van der Waals surface area contributed by atoms with Crippen LogP contribution in [0.2, 0.25) is 22.2 Å². The predicted octanol–water partition coefficient (Wildman–Crippen LogP) is 5.09. The van der Waals surface area contributed by atoms with Gasteiger partial charge in [0.25, 0.3) is 0 Å². The van der Waals surface area contributed by atoms with Gasteiger partial charge in [-0.2, -0.15) is 0 Å². The van der Waals surface area contributed by atoms with Crippen LogP contribution in [0.15, 0.2) is 0 Å². The standard InChI is InChI=1S/C23H46O6Si2/c1-14(2)30(15(3)4)26-13-21-22(28-31(29-30,16(5)6)17(7)8)18(9)19(10)23(27-21)11-20(24)12-25-23/h14-22,24H,11-13H2,1-10H3/t18-,19-,20-,21-,22+,23-/m0/s1. The highest BCUT2D eigenvalue weighted by molar-refractivity contribution is 6.83. The molecule has 0 aromatic heterocycles. The Bertz CT molecular complexity index is 611. The Balaban J connectivity index is 2.06. The van der Waals surface area contributed by atoms with Crippen molar-refractivity contribution in [3.05, 3.63) is 0 Å². The second-order valence-electron chi connectivity index (χ2n) is 11.3. The molecule has 31 heavy (non-hydrogen) atoms. The normalized spacial score (nSPS) is 40.5. The zero-order chi connectivity index (χ0) is 23.4. The maximum Gasteiger partial charge on any atom is 0.335 e. The predicted molar refractivity (Wildman–Crippen MR) is 126 cm³/mol. The van der Waals surface area contributed by atoms with Crippen LogP contribution in [0.5, 0.6) is 0 Å². The lowest BCUT2D eigenvalue weighted by molar-refractivity contribution is -0.322. The van der Waals surface area contributed by atoms with Crippen LogP contribution in [-0.2, 0) is 22.4 Å². The minimum atomic E-state index is -2.66. The molecule has 0 saturated carbocycles. The number of aliphatic hydroxyl groups is 1. The molecule has 3 rings (SSSR count). The molecule has 0 unspecified atom stereocenters. The topological polar surface area (TPSA) is 66.4 Å². The second-order valence-corrected chi connectivity index (χ2v) is 20.2. The van der Waals surface area contributed by atoms with Crippen molar-refractivity contribution in [1.82, 2.24) is 0 Å². The summed E-state index contributed by atoms with van der Waals surface area (Å²) < 4.78 is 34.1. The van der Waals surface area contributed by atoms with E-state index < -0.39 is 29.0 Å². The summed E-state index contributed by atoms with van der Waals surface area (Å²) in [5.74, 6) is -0.451. The fraction of sp³-hybridized carbons (Fsp3) is 1.00. The largest absolute Gasteiger partial charge is 0.414 e. The van der Waals surface area contributed by atoms with Crippen LogP contribution in [0.3, 0.4) is 0 Å². The lowest BCUT2D eigenvalue weighted by Gasteiger charge is -2.57. The van der Waals surface area contributed by atoms with Crippen molar-refractivity contribution < 1.29 is 27.5 Å². The van der Waals surface area contributed by atoms with Gasteiger partial charge >= 0.3 is 17.1 Å². The number of rotatable bonds is 4. The van der Waals surface area contributed by atoms with Crippen LogP contribution < -0.4 is 0 Å². The zero-order valence-electron chi connectivity index (χ0n) is 21.3. The van der Waals surface area contributed by atoms with Crippen molar-refractivity contribution in [2.45, 2.75) is 122 Å². The number of hydrogen-bond acceptors (Lipinski definition) is 6. The Hall–Kier alpha value is 0.194. The van der Waals surface area contributed by atoms with Gasteiger partial charge < -0.3 is 27.5 Å². The van der Waals surface area contributed by atoms with Crippen molar-refractivity contribution in [2.24, 2.45) is 11.8 Å². The van der Waals surface area contributed by atoms with E-state index in [1.54, 1.807) is 0 Å². The molecule has 6 nitrogen and oxygen atoms in total. The third-order valence-electron chi connectivity index (χ3n) is 8.09. The van der Waals surface area contributed by atoms with Crippen molar-refractivity contribution >= 4 is 17.1 Å². The molecule has 8 heteroatoms. The SMILES string of the molecule is CC(C)[Si]1(C(C)C)OC[C@@H]2O[C@@]3(C[C@H](O)CO3)[C@@H](C)[C@H](C)[C@H]2O[Si](C(C)C)(C(C)C)O1. The number of hydrogen-bond donors (Lipinski definition) is 1. The fourth-order valence-corrected chi connectivity index (χ4v) is 17.3. The molecule has 1 spiro atoms. The van der Waals surface area contributed by atoms with Crippen molar-refractivity contribution in [3.63, 3.8) is 0 Å². The molecule has 3 fully saturated rings. The van der Waals surface area contributed by atoms with E-state index in [1.165, 1.54) is 0 Å². The van der Waals surface area contributed by atoms with Gasteiger partial charge in [-0.25, -0.2) is 0 Å². The first kappa shape index (κ1) is 25.8. The first-order chi connectivity index (χ1) is 14.3. The van der Waals surface area contributed by atoms with E-state index in [2.05, 4.69) is 69.2 Å². The summed E-state index contributed by atoms with van der Waals surface area (Å²) in [6, 6.07) is 0. The Morgan fingerprint density at radius 1 is 0.839 bits per heavy atom. The lowest BCUT2D eigenvalue weighted by Crippen LogP contribution is -2.69. The van der Waals surface area contributed by atoms with Crippen molar-refractivity contribution in [1.29, 1.82) is 0 Å². The molecule has 3 aliphatic heterocycles. The second kappa shape index (κ2) is 9.09. The molecule has 3 aliphatic rings. The highest BCUT2D eigenvalue weighted by Crippen LogP contribution is 2.51. The van der Waals surface area contributed by atoms with E-state index in [0.717, 1.165) is 0 Å². The summed E-state index contributed by atoms with van der Waals surface area (Å²) in [6.07, 6.45) is -0.310. The highest BCUT2D eigenvalue weighted by atomic mass is 28.5. The van der Waals surface area contributed by atoms with E-state index >= 15 is 0 Å². The smallest absolute Gasteiger partial charge is 0.335 e. The van der Waals surface area contributed by atoms with Gasteiger partial charge in [0, 0.05) is 12.3 Å². The maximum absolute atomic E-state index is 10.2. The molecule has 6 atom stereocenters. The van der Waals surface area contributed by atoms with E-state index in [0.29, 0.717) is 41.8 Å². The molecule has 3 saturated heterocycles. The lowest BCUT2D eigenvalue weighted by atomic mass is 9.78. The fourth-order valence-electron chi connectivity index (χ4n) is 5.99. The van der Waals surface area contributed by atoms with E-state index in [1.807, 2.05) is 0 Å². The van der Waals surface area contributed by atoms with Crippen molar-refractivity contribution in [2.75, 3.05) is 13.2 Å². The quantitative estimate of drug-likeness (QED) is 0.572. The minimum Gasteiger partial charge on any atom is -0.414 e. The van der Waals surface area contributed by atoms with Crippen LogP contribution in [0.1, 0.15) is 75.7 Å². The number of ether oxygens (including phenoxy) is 2. The minimum absolute atomic E-state index is 0.105. The van der Waals surface area contributed by atoms with Gasteiger partial charge in [-0.05, 0) is 28.1 Å². The molecule has 0 radical (unpaired) electrons. The number of aliphatic hydroxyl groups excluding tert-OH is 1. The van der Waals surface area contributed by atoms with E-state index in [4.69, 9.17) is 22.4 Å². The molecule has 0 amide bonds. The summed E-state index contributed by atoms with van der Waals surface area (Å²) in [4.78, 5) is 0. The summed E-state index contributed by atoms with van der Waals surface area (Å²) in [5.41, 5.74) is 1.19. The van der Waals surface area contributed by atoms with Crippen LogP contribution in [0.25, 0.3) is 0 Å². The van der Waals surface area contributed by atoms with Crippen LogP contribution in [0.4, 0.5) is 0 Å². The Kier molecular flexibility index (Phi) is 7.57. The molecular weight excluding hydrogens is 428 g/mol. The first-order valence-electron chi connectivity index (χ1n) is 12.3. The highest BCUT2D eigenvalue weighted by Gasteiger charge is 2.63. The average Bonchev–Trinajstić information content (AvgIpc) is 3.03. The Morgan fingerprint density at radius 3 is 1.84 bits per heavy atom. The average molecular weight is 475 g/mol. The zero-order valence-corrected chi connectivity index (χ0v) is 23.3. The first-order valence-corrected chi connectivity index (χ1v) is 16.3. The van der Waals surface area contributed by atoms with Gasteiger partial charge in [-0.3, -0.25) is 0 Å². The third-order valence-corrected chi connectivity index (χ3v) is 18.3. The van der Waals surface area contributed by atoms with Gasteiger partial charge in [0.1, 0.15) is 6.10 Å². The van der Waals surface area contributed by atoms with Crippen LogP contribution in [0, 0.1) is 11.8 Å². The molecule has 3 heterocycles. The molecule has 0 bridgehead atoms. The summed E-state index contributed by atoms with van der Waals surface area (Å²) in [5, 5.41) is 10.2. The van der Waals surface area contributed by atoms with Gasteiger partial charge in [0.15, 0.2) is 5.79 Å². The molecule has 1 N–H and O–H groups in total. The molecular formula is C23H46O6Si2. The summed E-state index contributed by atoms with van der Waals surface area (Å²) in [7, 11) is -5.25. The van der Waals surface area contributed by atoms with Gasteiger partial charge in [-0.15, -0.1) is 0 Å². The number of fused-ring (bicyclic) bond motifs is 1. The molecule has 0 aromatic carbocycles. The molecule has 0 aliphatic carbocycles.